The summed E-state index contributed by atoms with van der Waals surface area (Å²) in [5.74, 6) is -0.340. The molecule has 5 nitrogen and oxygen atoms in total. The Bertz CT molecular complexity index is 937. The molecule has 0 aliphatic carbocycles. The van der Waals surface area contributed by atoms with E-state index < -0.39 is 5.91 Å². The maximum atomic E-state index is 12.4. The van der Waals surface area contributed by atoms with Crippen molar-refractivity contribution in [2.75, 3.05) is 10.6 Å². The van der Waals surface area contributed by atoms with E-state index in [9.17, 15) is 15.0 Å². The molecule has 5 heteroatoms. The zero-order chi connectivity index (χ0) is 18.4. The molecular weight excluding hydrogens is 328 g/mol. The highest BCUT2D eigenvalue weighted by molar-refractivity contribution is 6.06. The van der Waals surface area contributed by atoms with Crippen molar-refractivity contribution < 1.29 is 15.0 Å². The number of hydrogen-bond donors (Lipinski definition) is 4. The Morgan fingerprint density at radius 1 is 0.692 bits per heavy atom. The second-order valence-corrected chi connectivity index (χ2v) is 5.57. The van der Waals surface area contributed by atoms with E-state index in [4.69, 9.17) is 0 Å². The Kier molecular flexibility index (Phi) is 5.19. The van der Waals surface area contributed by atoms with Gasteiger partial charge in [-0.25, -0.2) is 0 Å². The molecule has 0 saturated heterocycles. The van der Waals surface area contributed by atoms with Gasteiger partial charge in [0, 0.05) is 6.08 Å². The van der Waals surface area contributed by atoms with Gasteiger partial charge in [-0.3, -0.25) is 4.79 Å². The minimum absolute atomic E-state index is 0.0100. The van der Waals surface area contributed by atoms with Crippen LogP contribution in [0.25, 0.3) is 5.70 Å². The lowest BCUT2D eigenvalue weighted by Gasteiger charge is -2.13. The van der Waals surface area contributed by atoms with E-state index in [1.54, 1.807) is 42.5 Å². The van der Waals surface area contributed by atoms with E-state index in [1.807, 2.05) is 30.3 Å². The molecule has 0 saturated carbocycles. The molecule has 0 aromatic heterocycles. The molecule has 26 heavy (non-hydrogen) atoms. The molecule has 0 fully saturated rings. The zero-order valence-corrected chi connectivity index (χ0v) is 13.9. The van der Waals surface area contributed by atoms with Gasteiger partial charge in [0.1, 0.15) is 11.5 Å². The number of phenols is 2. The molecule has 0 aliphatic heterocycles. The number of benzene rings is 3. The fraction of sp³-hybridized carbons (Fsp3) is 0. The molecule has 0 aliphatic rings. The number of anilines is 2. The fourth-order valence-corrected chi connectivity index (χ4v) is 2.41. The molecule has 3 rings (SSSR count). The molecule has 0 radical (unpaired) electrons. The summed E-state index contributed by atoms with van der Waals surface area (Å²) in [4.78, 5) is 12.4. The predicted octanol–water partition coefficient (Wildman–Crippen LogP) is 4.19. The first-order chi connectivity index (χ1) is 12.6. The number of carbonyl (C=O) groups excluding carboxylic acids is 1. The highest BCUT2D eigenvalue weighted by atomic mass is 16.3. The van der Waals surface area contributed by atoms with Crippen molar-refractivity contribution in [2.45, 2.75) is 0 Å². The first-order valence-electron chi connectivity index (χ1n) is 8.04. The van der Waals surface area contributed by atoms with Crippen molar-refractivity contribution in [2.24, 2.45) is 0 Å². The second kappa shape index (κ2) is 7.90. The summed E-state index contributed by atoms with van der Waals surface area (Å²) in [6, 6.07) is 22.6. The quantitative estimate of drug-likeness (QED) is 0.412. The summed E-state index contributed by atoms with van der Waals surface area (Å²) >= 11 is 0. The van der Waals surface area contributed by atoms with Crippen LogP contribution in [0.2, 0.25) is 0 Å². The van der Waals surface area contributed by atoms with Crippen LogP contribution in [0.1, 0.15) is 5.56 Å². The first kappa shape index (κ1) is 17.1. The van der Waals surface area contributed by atoms with Gasteiger partial charge in [0.25, 0.3) is 5.91 Å². The maximum absolute atomic E-state index is 12.4. The van der Waals surface area contributed by atoms with E-state index in [-0.39, 0.29) is 11.5 Å². The number of phenolic OH excluding ortho intramolecular Hbond substituents is 2. The first-order valence-corrected chi connectivity index (χ1v) is 8.04. The molecular formula is C21H18N2O3. The van der Waals surface area contributed by atoms with Gasteiger partial charge >= 0.3 is 0 Å². The summed E-state index contributed by atoms with van der Waals surface area (Å²) in [6.07, 6.45) is 1.38. The molecule has 0 bridgehead atoms. The van der Waals surface area contributed by atoms with Crippen molar-refractivity contribution in [1.29, 1.82) is 0 Å². The van der Waals surface area contributed by atoms with Crippen molar-refractivity contribution in [3.8, 4) is 11.5 Å². The van der Waals surface area contributed by atoms with Gasteiger partial charge in [-0.05, 0) is 29.8 Å². The molecule has 1 amide bonds. The van der Waals surface area contributed by atoms with Gasteiger partial charge in [-0.2, -0.15) is 0 Å². The molecule has 0 atom stereocenters. The Labute approximate surface area is 151 Å². The van der Waals surface area contributed by atoms with E-state index in [2.05, 4.69) is 10.6 Å². The number of carbonyl (C=O) groups is 1. The van der Waals surface area contributed by atoms with Gasteiger partial charge in [-0.15, -0.1) is 0 Å². The Balaban J connectivity index is 1.90. The minimum Gasteiger partial charge on any atom is -0.506 e. The summed E-state index contributed by atoms with van der Waals surface area (Å²) < 4.78 is 0. The average molecular weight is 346 g/mol. The highest BCUT2D eigenvalue weighted by Gasteiger charge is 2.09. The van der Waals surface area contributed by atoms with Crippen LogP contribution >= 0.6 is 0 Å². The van der Waals surface area contributed by atoms with Crippen LogP contribution in [0.3, 0.4) is 0 Å². The van der Waals surface area contributed by atoms with Crippen LogP contribution in [-0.4, -0.2) is 16.1 Å². The van der Waals surface area contributed by atoms with E-state index in [1.165, 1.54) is 12.1 Å². The van der Waals surface area contributed by atoms with E-state index in [0.29, 0.717) is 17.1 Å². The summed E-state index contributed by atoms with van der Waals surface area (Å²) in [5, 5.41) is 25.5. The van der Waals surface area contributed by atoms with Crippen molar-refractivity contribution in [1.82, 2.24) is 0 Å². The largest absolute Gasteiger partial charge is 0.506 e. The topological polar surface area (TPSA) is 81.6 Å². The third kappa shape index (κ3) is 4.21. The summed E-state index contributed by atoms with van der Waals surface area (Å²) in [6.45, 7) is 0. The Morgan fingerprint density at radius 3 is 1.77 bits per heavy atom. The molecule has 3 aromatic rings. The van der Waals surface area contributed by atoms with Crippen molar-refractivity contribution in [3.63, 3.8) is 0 Å². The average Bonchev–Trinajstić information content (AvgIpc) is 2.65. The van der Waals surface area contributed by atoms with Crippen LogP contribution in [0.15, 0.2) is 84.9 Å². The maximum Gasteiger partial charge on any atom is 0.250 e. The summed E-state index contributed by atoms with van der Waals surface area (Å²) in [7, 11) is 0. The normalized spacial score (nSPS) is 11.0. The number of rotatable bonds is 5. The number of amides is 1. The molecule has 0 unspecified atom stereocenters. The second-order valence-electron chi connectivity index (χ2n) is 5.57. The van der Waals surface area contributed by atoms with Crippen LogP contribution in [0, 0.1) is 0 Å². The fourth-order valence-electron chi connectivity index (χ4n) is 2.41. The minimum atomic E-state index is -0.409. The third-order valence-electron chi connectivity index (χ3n) is 3.70. The lowest BCUT2D eigenvalue weighted by molar-refractivity contribution is -0.111. The van der Waals surface area contributed by atoms with Crippen LogP contribution < -0.4 is 10.6 Å². The van der Waals surface area contributed by atoms with Gasteiger partial charge < -0.3 is 20.8 Å². The molecule has 130 valence electrons. The number of nitrogens with one attached hydrogen (secondary N) is 2. The SMILES string of the molecule is O=C(C=C(Nc1ccccc1O)c1ccccc1)Nc1ccccc1O. The van der Waals surface area contributed by atoms with Gasteiger partial charge in [0.15, 0.2) is 0 Å². The standard InChI is InChI=1S/C21H18N2O3/c24-19-12-6-4-10-16(19)22-18(15-8-2-1-3-9-15)14-21(26)23-17-11-5-7-13-20(17)25/h1-14,22,24-25H,(H,23,26). The predicted molar refractivity (Wildman–Crippen MR) is 103 cm³/mol. The van der Waals surface area contributed by atoms with Gasteiger partial charge in [0.2, 0.25) is 0 Å². The van der Waals surface area contributed by atoms with Gasteiger partial charge in [-0.1, -0.05) is 54.6 Å². The monoisotopic (exact) mass is 346 g/mol. The lowest BCUT2D eigenvalue weighted by atomic mass is 10.1. The number of hydrogen-bond acceptors (Lipinski definition) is 4. The number of para-hydroxylation sites is 4. The third-order valence-corrected chi connectivity index (χ3v) is 3.70. The van der Waals surface area contributed by atoms with Crippen molar-refractivity contribution >= 4 is 23.0 Å². The van der Waals surface area contributed by atoms with Crippen molar-refractivity contribution in [3.05, 3.63) is 90.5 Å². The lowest BCUT2D eigenvalue weighted by Crippen LogP contribution is -2.11. The molecule has 3 aromatic carbocycles. The zero-order valence-electron chi connectivity index (χ0n) is 13.9. The molecule has 0 spiro atoms. The molecule has 0 heterocycles. The van der Waals surface area contributed by atoms with Crippen LogP contribution in [0.4, 0.5) is 11.4 Å². The number of aromatic hydroxyl groups is 2. The molecule has 4 N–H and O–H groups in total. The van der Waals surface area contributed by atoms with E-state index >= 15 is 0 Å². The Hall–Kier alpha value is -3.73. The summed E-state index contributed by atoms with van der Waals surface area (Å²) in [5.41, 5.74) is 2.10. The smallest absolute Gasteiger partial charge is 0.250 e. The van der Waals surface area contributed by atoms with Crippen LogP contribution in [0.5, 0.6) is 11.5 Å². The van der Waals surface area contributed by atoms with Crippen LogP contribution in [-0.2, 0) is 4.79 Å². The van der Waals surface area contributed by atoms with E-state index in [0.717, 1.165) is 5.56 Å². The Morgan fingerprint density at radius 2 is 1.19 bits per heavy atom. The highest BCUT2D eigenvalue weighted by Crippen LogP contribution is 2.27. The van der Waals surface area contributed by atoms with Gasteiger partial charge in [0.05, 0.1) is 17.1 Å².